The zero-order chi connectivity index (χ0) is 18.4. The van der Waals surface area contributed by atoms with Crippen LogP contribution in [0.5, 0.6) is 5.75 Å². The number of nitrogens with one attached hydrogen (secondary N) is 2. The van der Waals surface area contributed by atoms with Crippen LogP contribution in [0.25, 0.3) is 0 Å². The number of nitrogens with two attached hydrogens (primary N) is 1. The van der Waals surface area contributed by atoms with E-state index in [2.05, 4.69) is 15.4 Å². The van der Waals surface area contributed by atoms with Crippen LogP contribution in [0.3, 0.4) is 0 Å². The van der Waals surface area contributed by atoms with Crippen LogP contribution in [0.1, 0.15) is 15.9 Å². The highest BCUT2D eigenvalue weighted by Gasteiger charge is 2.31. The number of anilines is 1. The zero-order valence-corrected chi connectivity index (χ0v) is 12.8. The first-order valence-corrected chi connectivity index (χ1v) is 7.02. The molecule has 0 fully saturated rings. The van der Waals surface area contributed by atoms with Crippen molar-refractivity contribution in [3.63, 3.8) is 0 Å². The van der Waals surface area contributed by atoms with Gasteiger partial charge >= 0.3 is 12.4 Å². The minimum absolute atomic E-state index is 0.159. The van der Waals surface area contributed by atoms with Crippen LogP contribution < -0.4 is 21.1 Å². The van der Waals surface area contributed by atoms with Gasteiger partial charge in [0.15, 0.2) is 0 Å². The quantitative estimate of drug-likeness (QED) is 0.771. The second-order valence-electron chi connectivity index (χ2n) is 4.94. The molecule has 0 spiro atoms. The molecule has 0 aromatic heterocycles. The van der Waals surface area contributed by atoms with Gasteiger partial charge in [-0.25, -0.2) is 4.79 Å². The monoisotopic (exact) mass is 353 g/mol. The van der Waals surface area contributed by atoms with Gasteiger partial charge in [-0.15, -0.1) is 13.2 Å². The van der Waals surface area contributed by atoms with Crippen LogP contribution in [0, 0.1) is 0 Å². The summed E-state index contributed by atoms with van der Waals surface area (Å²) >= 11 is 0. The van der Waals surface area contributed by atoms with Gasteiger partial charge in [0.2, 0.25) is 0 Å². The minimum Gasteiger partial charge on any atom is -0.406 e. The van der Waals surface area contributed by atoms with E-state index in [0.29, 0.717) is 5.56 Å². The summed E-state index contributed by atoms with van der Waals surface area (Å²) in [6, 6.07) is 10.6. The van der Waals surface area contributed by atoms with Crippen molar-refractivity contribution in [1.82, 2.24) is 5.32 Å². The molecule has 0 unspecified atom stereocenters. The number of amides is 3. The van der Waals surface area contributed by atoms with Crippen LogP contribution in [0.4, 0.5) is 23.7 Å². The molecule has 4 N–H and O–H groups in total. The van der Waals surface area contributed by atoms with Gasteiger partial charge < -0.3 is 21.1 Å². The van der Waals surface area contributed by atoms with Crippen LogP contribution in [0.15, 0.2) is 48.5 Å². The maximum Gasteiger partial charge on any atom is 0.573 e. The molecule has 2 rings (SSSR count). The largest absolute Gasteiger partial charge is 0.573 e. The number of carbonyl (C=O) groups excluding carboxylic acids is 2. The van der Waals surface area contributed by atoms with Gasteiger partial charge in [-0.1, -0.05) is 18.2 Å². The molecule has 0 atom stereocenters. The summed E-state index contributed by atoms with van der Waals surface area (Å²) in [4.78, 5) is 22.8. The lowest BCUT2D eigenvalue weighted by Crippen LogP contribution is -2.28. The van der Waals surface area contributed by atoms with E-state index in [1.807, 2.05) is 0 Å². The number of benzene rings is 2. The van der Waals surface area contributed by atoms with Gasteiger partial charge in [-0.3, -0.25) is 4.79 Å². The fraction of sp³-hybridized carbons (Fsp3) is 0.125. The van der Waals surface area contributed by atoms with Crippen molar-refractivity contribution in [3.05, 3.63) is 59.7 Å². The lowest BCUT2D eigenvalue weighted by Gasteiger charge is -2.11. The summed E-state index contributed by atoms with van der Waals surface area (Å²) in [6.45, 7) is 0.216. The van der Waals surface area contributed by atoms with Crippen LogP contribution in [0.2, 0.25) is 0 Å². The Kier molecular flexibility index (Phi) is 5.48. The summed E-state index contributed by atoms with van der Waals surface area (Å²) in [5.41, 5.74) is 6.15. The van der Waals surface area contributed by atoms with Crippen molar-refractivity contribution in [2.24, 2.45) is 5.73 Å². The van der Waals surface area contributed by atoms with Crippen molar-refractivity contribution >= 4 is 17.6 Å². The van der Waals surface area contributed by atoms with E-state index in [-0.39, 0.29) is 12.2 Å². The maximum absolute atomic E-state index is 12.2. The molecule has 0 aliphatic heterocycles. The molecule has 9 heteroatoms. The summed E-state index contributed by atoms with van der Waals surface area (Å²) < 4.78 is 40.4. The Hall–Kier alpha value is -3.23. The molecular weight excluding hydrogens is 339 g/mol. The maximum atomic E-state index is 12.2. The molecule has 2 aromatic carbocycles. The Morgan fingerprint density at radius 3 is 2.36 bits per heavy atom. The first-order valence-electron chi connectivity index (χ1n) is 7.02. The normalized spacial score (nSPS) is 10.8. The van der Waals surface area contributed by atoms with E-state index in [1.54, 1.807) is 12.1 Å². The van der Waals surface area contributed by atoms with Gasteiger partial charge in [0.1, 0.15) is 5.75 Å². The molecule has 2 aromatic rings. The number of carbonyl (C=O) groups is 2. The molecule has 0 saturated carbocycles. The molecule has 0 saturated heterocycles. The lowest BCUT2D eigenvalue weighted by molar-refractivity contribution is -0.274. The number of primary amides is 1. The molecule has 132 valence electrons. The van der Waals surface area contributed by atoms with E-state index in [4.69, 9.17) is 5.73 Å². The molecule has 0 aliphatic rings. The highest BCUT2D eigenvalue weighted by molar-refractivity contribution is 6.04. The first-order chi connectivity index (χ1) is 11.7. The standard InChI is InChI=1S/C16H14F3N3O3/c17-16(18,19)25-13-3-1-2-12(8-13)22-14(23)11-6-4-10(5-7-11)9-21-15(20)24/h1-8H,9H2,(H,22,23)(H3,20,21,24). The van der Waals surface area contributed by atoms with Gasteiger partial charge in [0.25, 0.3) is 5.91 Å². The van der Waals surface area contributed by atoms with E-state index < -0.39 is 24.1 Å². The number of urea groups is 1. The molecular formula is C16H14F3N3O3. The molecule has 25 heavy (non-hydrogen) atoms. The predicted molar refractivity (Wildman–Crippen MR) is 83.9 cm³/mol. The summed E-state index contributed by atoms with van der Waals surface area (Å²) in [7, 11) is 0. The minimum atomic E-state index is -4.81. The number of hydrogen-bond donors (Lipinski definition) is 3. The Morgan fingerprint density at radius 2 is 1.76 bits per heavy atom. The van der Waals surface area contributed by atoms with Crippen LogP contribution in [-0.2, 0) is 6.54 Å². The van der Waals surface area contributed by atoms with Crippen molar-refractivity contribution in [1.29, 1.82) is 0 Å². The second kappa shape index (κ2) is 7.56. The first kappa shape index (κ1) is 18.1. The third-order valence-corrected chi connectivity index (χ3v) is 3.01. The van der Waals surface area contributed by atoms with E-state index in [0.717, 1.165) is 17.7 Å². The van der Waals surface area contributed by atoms with Crippen LogP contribution >= 0.6 is 0 Å². The van der Waals surface area contributed by atoms with E-state index in [9.17, 15) is 22.8 Å². The predicted octanol–water partition coefficient (Wildman–Crippen LogP) is 3.01. The zero-order valence-electron chi connectivity index (χ0n) is 12.8. The van der Waals surface area contributed by atoms with E-state index >= 15 is 0 Å². The second-order valence-corrected chi connectivity index (χ2v) is 4.94. The smallest absolute Gasteiger partial charge is 0.406 e. The van der Waals surface area contributed by atoms with Crippen molar-refractivity contribution in [2.45, 2.75) is 12.9 Å². The summed E-state index contributed by atoms with van der Waals surface area (Å²) in [6.07, 6.45) is -4.81. The summed E-state index contributed by atoms with van der Waals surface area (Å²) in [5, 5.41) is 4.89. The fourth-order valence-electron chi connectivity index (χ4n) is 1.94. The van der Waals surface area contributed by atoms with Crippen molar-refractivity contribution in [2.75, 3.05) is 5.32 Å². The number of rotatable bonds is 5. The van der Waals surface area contributed by atoms with Crippen LogP contribution in [-0.4, -0.2) is 18.3 Å². The summed E-state index contributed by atoms with van der Waals surface area (Å²) in [5.74, 6) is -0.934. The van der Waals surface area contributed by atoms with Gasteiger partial charge in [0.05, 0.1) is 0 Å². The molecule has 0 bridgehead atoms. The average molecular weight is 353 g/mol. The SMILES string of the molecule is NC(=O)NCc1ccc(C(=O)Nc2cccc(OC(F)(F)F)c2)cc1. The third-order valence-electron chi connectivity index (χ3n) is 3.01. The number of ether oxygens (including phenoxy) is 1. The number of halogens is 3. The molecule has 0 aliphatic carbocycles. The Morgan fingerprint density at radius 1 is 1.08 bits per heavy atom. The highest BCUT2D eigenvalue weighted by atomic mass is 19.4. The Bertz CT molecular complexity index is 761. The van der Waals surface area contributed by atoms with Gasteiger partial charge in [0, 0.05) is 23.9 Å². The highest BCUT2D eigenvalue weighted by Crippen LogP contribution is 2.25. The van der Waals surface area contributed by atoms with E-state index in [1.165, 1.54) is 24.3 Å². The molecule has 0 radical (unpaired) electrons. The molecule has 0 heterocycles. The topological polar surface area (TPSA) is 93.5 Å². The van der Waals surface area contributed by atoms with Gasteiger partial charge in [-0.05, 0) is 29.8 Å². The average Bonchev–Trinajstić information content (AvgIpc) is 2.52. The Balaban J connectivity index is 2.02. The fourth-order valence-corrected chi connectivity index (χ4v) is 1.94. The van der Waals surface area contributed by atoms with Crippen molar-refractivity contribution < 1.29 is 27.5 Å². The number of hydrogen-bond acceptors (Lipinski definition) is 3. The molecule has 6 nitrogen and oxygen atoms in total. The molecule has 3 amide bonds. The van der Waals surface area contributed by atoms with Crippen molar-refractivity contribution in [3.8, 4) is 5.75 Å². The number of alkyl halides is 3. The third kappa shape index (κ3) is 6.05. The van der Waals surface area contributed by atoms with Gasteiger partial charge in [-0.2, -0.15) is 0 Å². The Labute approximate surface area is 140 Å². The lowest BCUT2D eigenvalue weighted by atomic mass is 10.1.